The molecule has 0 radical (unpaired) electrons. The first-order valence-corrected chi connectivity index (χ1v) is 8.86. The van der Waals surface area contributed by atoms with Gasteiger partial charge in [-0.2, -0.15) is 0 Å². The number of amidine groups is 1. The van der Waals surface area contributed by atoms with Gasteiger partial charge in [0.1, 0.15) is 11.5 Å². The van der Waals surface area contributed by atoms with Crippen LogP contribution in [0.3, 0.4) is 0 Å². The number of carbonyl (C=O) groups is 1. The van der Waals surface area contributed by atoms with E-state index in [0.29, 0.717) is 39.2 Å². The third-order valence-electron chi connectivity index (χ3n) is 4.16. The van der Waals surface area contributed by atoms with Crippen molar-refractivity contribution >= 4 is 34.6 Å². The number of hydrogen-bond donors (Lipinski definition) is 1. The third kappa shape index (κ3) is 3.08. The fourth-order valence-electron chi connectivity index (χ4n) is 2.84. The summed E-state index contributed by atoms with van der Waals surface area (Å²) in [7, 11) is 3.14. The van der Waals surface area contributed by atoms with Crippen LogP contribution < -0.4 is 23.8 Å². The second-order valence-corrected chi connectivity index (χ2v) is 6.73. The van der Waals surface area contributed by atoms with Crippen molar-refractivity contribution in [3.8, 4) is 23.0 Å². The molecule has 138 valence electrons. The van der Waals surface area contributed by atoms with Crippen LogP contribution in [0.5, 0.6) is 23.0 Å². The maximum absolute atomic E-state index is 12.9. The van der Waals surface area contributed by atoms with Crippen molar-refractivity contribution in [2.75, 3.05) is 25.9 Å². The summed E-state index contributed by atoms with van der Waals surface area (Å²) < 4.78 is 21.3. The summed E-state index contributed by atoms with van der Waals surface area (Å²) in [6.45, 7) is 0.152. The first-order valence-electron chi connectivity index (χ1n) is 8.05. The maximum atomic E-state index is 12.9. The summed E-state index contributed by atoms with van der Waals surface area (Å²) in [4.78, 5) is 14.7. The van der Waals surface area contributed by atoms with Crippen LogP contribution in [-0.2, 0) is 4.79 Å². The first kappa shape index (κ1) is 17.3. The maximum Gasteiger partial charge on any atom is 0.271 e. The number of fused-ring (bicyclic) bond motifs is 1. The number of nitrogens with one attached hydrogen (secondary N) is 1. The number of benzene rings is 2. The van der Waals surface area contributed by atoms with Crippen LogP contribution >= 0.6 is 11.8 Å². The summed E-state index contributed by atoms with van der Waals surface area (Å²) in [5.41, 5.74) is 1.26. The number of rotatable bonds is 4. The topological polar surface area (TPSA) is 81.1 Å². The van der Waals surface area contributed by atoms with E-state index in [2.05, 4.69) is 0 Å². The second kappa shape index (κ2) is 6.88. The molecular formula is C19H16N2O5S. The Hall–Kier alpha value is -3.13. The minimum Gasteiger partial charge on any atom is -0.497 e. The highest BCUT2D eigenvalue weighted by molar-refractivity contribution is 8.19. The fourth-order valence-corrected chi connectivity index (χ4v) is 3.69. The molecule has 0 aromatic heterocycles. The summed E-state index contributed by atoms with van der Waals surface area (Å²) in [6.07, 6.45) is 1.70. The van der Waals surface area contributed by atoms with E-state index < -0.39 is 0 Å². The average Bonchev–Trinajstić information content (AvgIpc) is 3.25. The van der Waals surface area contributed by atoms with Crippen molar-refractivity contribution in [1.82, 2.24) is 0 Å². The predicted molar refractivity (Wildman–Crippen MR) is 103 cm³/mol. The minimum atomic E-state index is -0.284. The molecule has 0 saturated carbocycles. The fraction of sp³-hybridized carbons (Fsp3) is 0.158. The van der Waals surface area contributed by atoms with Crippen LogP contribution in [0.4, 0.5) is 5.69 Å². The lowest BCUT2D eigenvalue weighted by Gasteiger charge is -2.14. The molecule has 2 aromatic rings. The van der Waals surface area contributed by atoms with E-state index >= 15 is 0 Å². The van der Waals surface area contributed by atoms with Crippen LogP contribution in [0.25, 0.3) is 6.08 Å². The van der Waals surface area contributed by atoms with Crippen molar-refractivity contribution < 1.29 is 23.7 Å². The van der Waals surface area contributed by atoms with E-state index in [-0.39, 0.29) is 17.9 Å². The molecule has 1 fully saturated rings. The SMILES string of the molecule is COc1ccc(OC)c(/C=C2\SC(=N)N(c3ccc4c(c3)OCO4)C2=O)c1. The molecule has 2 aliphatic rings. The van der Waals surface area contributed by atoms with Crippen molar-refractivity contribution in [3.05, 3.63) is 46.9 Å². The smallest absolute Gasteiger partial charge is 0.271 e. The van der Waals surface area contributed by atoms with E-state index in [0.717, 1.165) is 11.8 Å². The molecule has 0 spiro atoms. The van der Waals surface area contributed by atoms with Crippen LogP contribution in [-0.4, -0.2) is 32.1 Å². The summed E-state index contributed by atoms with van der Waals surface area (Å²) >= 11 is 1.09. The van der Waals surface area contributed by atoms with E-state index in [1.165, 1.54) is 4.90 Å². The Bertz CT molecular complexity index is 973. The quantitative estimate of drug-likeness (QED) is 0.813. The molecule has 0 unspecified atom stereocenters. The highest BCUT2D eigenvalue weighted by Gasteiger charge is 2.34. The van der Waals surface area contributed by atoms with Crippen molar-refractivity contribution in [2.24, 2.45) is 0 Å². The summed E-state index contributed by atoms with van der Waals surface area (Å²) in [5.74, 6) is 2.17. The average molecular weight is 384 g/mol. The van der Waals surface area contributed by atoms with Gasteiger partial charge >= 0.3 is 0 Å². The number of hydrogen-bond acceptors (Lipinski definition) is 7. The summed E-state index contributed by atoms with van der Waals surface area (Å²) in [6, 6.07) is 10.5. The van der Waals surface area contributed by atoms with E-state index in [1.54, 1.807) is 56.7 Å². The molecule has 8 heteroatoms. The molecule has 2 aliphatic heterocycles. The van der Waals surface area contributed by atoms with Gasteiger partial charge in [0.05, 0.1) is 24.8 Å². The third-order valence-corrected chi connectivity index (χ3v) is 5.05. The summed E-state index contributed by atoms with van der Waals surface area (Å²) in [5, 5.41) is 8.36. The number of thioether (sulfide) groups is 1. The highest BCUT2D eigenvalue weighted by Crippen LogP contribution is 2.41. The predicted octanol–water partition coefficient (Wildman–Crippen LogP) is 3.49. The highest BCUT2D eigenvalue weighted by atomic mass is 32.2. The van der Waals surface area contributed by atoms with Gasteiger partial charge in [-0.05, 0) is 48.2 Å². The molecule has 4 rings (SSSR count). The Morgan fingerprint density at radius 2 is 1.93 bits per heavy atom. The Kier molecular flexibility index (Phi) is 4.41. The lowest BCUT2D eigenvalue weighted by atomic mass is 10.1. The number of nitrogens with zero attached hydrogens (tertiary/aromatic N) is 1. The van der Waals surface area contributed by atoms with Crippen LogP contribution in [0.15, 0.2) is 41.3 Å². The largest absolute Gasteiger partial charge is 0.497 e. The second-order valence-electron chi connectivity index (χ2n) is 5.70. The number of amides is 1. The number of ether oxygens (including phenoxy) is 4. The van der Waals surface area contributed by atoms with Gasteiger partial charge in [-0.25, -0.2) is 0 Å². The molecule has 1 saturated heterocycles. The lowest BCUT2D eigenvalue weighted by molar-refractivity contribution is -0.113. The van der Waals surface area contributed by atoms with Gasteiger partial charge in [-0.15, -0.1) is 0 Å². The zero-order chi connectivity index (χ0) is 19.0. The van der Waals surface area contributed by atoms with Crippen molar-refractivity contribution in [1.29, 1.82) is 5.41 Å². The molecule has 0 bridgehead atoms. The molecule has 2 heterocycles. The van der Waals surface area contributed by atoms with Gasteiger partial charge in [0.15, 0.2) is 16.7 Å². The van der Waals surface area contributed by atoms with E-state index in [9.17, 15) is 4.79 Å². The Morgan fingerprint density at radius 3 is 2.70 bits per heavy atom. The number of carbonyl (C=O) groups excluding carboxylic acids is 1. The Morgan fingerprint density at radius 1 is 1.11 bits per heavy atom. The Balaban J connectivity index is 1.68. The molecule has 0 atom stereocenters. The molecule has 7 nitrogen and oxygen atoms in total. The molecule has 1 N–H and O–H groups in total. The molecule has 1 amide bonds. The first-order chi connectivity index (χ1) is 13.1. The van der Waals surface area contributed by atoms with Gasteiger partial charge in [-0.1, -0.05) is 0 Å². The normalized spacial score (nSPS) is 17.0. The van der Waals surface area contributed by atoms with E-state index in [4.69, 9.17) is 24.4 Å². The lowest BCUT2D eigenvalue weighted by Crippen LogP contribution is -2.28. The molecule has 2 aromatic carbocycles. The number of anilines is 1. The minimum absolute atomic E-state index is 0.118. The monoisotopic (exact) mass is 384 g/mol. The van der Waals surface area contributed by atoms with Crippen LogP contribution in [0, 0.1) is 5.41 Å². The zero-order valence-electron chi connectivity index (χ0n) is 14.6. The van der Waals surface area contributed by atoms with Crippen molar-refractivity contribution in [2.45, 2.75) is 0 Å². The van der Waals surface area contributed by atoms with Crippen molar-refractivity contribution in [3.63, 3.8) is 0 Å². The zero-order valence-corrected chi connectivity index (χ0v) is 15.5. The van der Waals surface area contributed by atoms with Gasteiger partial charge in [0.25, 0.3) is 5.91 Å². The van der Waals surface area contributed by atoms with Gasteiger partial charge in [-0.3, -0.25) is 15.1 Å². The van der Waals surface area contributed by atoms with Crippen LogP contribution in [0.1, 0.15) is 5.56 Å². The Labute approximate surface area is 160 Å². The van der Waals surface area contributed by atoms with E-state index in [1.807, 2.05) is 0 Å². The van der Waals surface area contributed by atoms with Gasteiger partial charge < -0.3 is 18.9 Å². The van der Waals surface area contributed by atoms with Gasteiger partial charge in [0.2, 0.25) is 6.79 Å². The van der Waals surface area contributed by atoms with Gasteiger partial charge in [0, 0.05) is 11.6 Å². The molecular weight excluding hydrogens is 368 g/mol. The van der Waals surface area contributed by atoms with Crippen LogP contribution in [0.2, 0.25) is 0 Å². The molecule has 27 heavy (non-hydrogen) atoms. The standard InChI is InChI=1S/C19H16N2O5S/c1-23-13-4-6-14(24-2)11(7-13)8-17-18(22)21(19(20)27-17)12-3-5-15-16(9-12)26-10-25-15/h3-9,20H,10H2,1-2H3/b17-8-,20-19?. The number of methoxy groups -OCH3 is 2. The molecule has 0 aliphatic carbocycles.